The Balaban J connectivity index is 0.000000457. The summed E-state index contributed by atoms with van der Waals surface area (Å²) >= 11 is 0. The van der Waals surface area contributed by atoms with E-state index in [9.17, 15) is 18.4 Å². The van der Waals surface area contributed by atoms with Crippen LogP contribution in [0.25, 0.3) is 0 Å². The smallest absolute Gasteiger partial charge is 0.306 e. The Hall–Kier alpha value is -2.60. The largest absolute Gasteiger partial charge is 0.463 e. The molecule has 0 spiro atoms. The van der Waals surface area contributed by atoms with Crippen molar-refractivity contribution in [2.45, 2.75) is 97.4 Å². The van der Waals surface area contributed by atoms with E-state index in [0.717, 1.165) is 30.9 Å². The molecule has 1 aromatic carbocycles. The molecule has 36 heavy (non-hydrogen) atoms. The minimum Gasteiger partial charge on any atom is -0.463 e. The summed E-state index contributed by atoms with van der Waals surface area (Å²) in [5.74, 6) is -2.92. The highest BCUT2D eigenvalue weighted by atomic mass is 19.3. The van der Waals surface area contributed by atoms with E-state index >= 15 is 0 Å². The van der Waals surface area contributed by atoms with Gasteiger partial charge < -0.3 is 9.47 Å². The molecule has 2 atom stereocenters. The zero-order chi connectivity index (χ0) is 26.8. The summed E-state index contributed by atoms with van der Waals surface area (Å²) in [5.41, 5.74) is 0.849. The van der Waals surface area contributed by atoms with Crippen LogP contribution in [0.1, 0.15) is 78.2 Å². The van der Waals surface area contributed by atoms with E-state index in [2.05, 4.69) is 6.08 Å². The fourth-order valence-electron chi connectivity index (χ4n) is 3.54. The molecule has 0 aliphatic heterocycles. The minimum atomic E-state index is -3.08. The number of halogens is 2. The van der Waals surface area contributed by atoms with Crippen molar-refractivity contribution in [1.82, 2.24) is 0 Å². The molecule has 1 aromatic rings. The van der Waals surface area contributed by atoms with Crippen molar-refractivity contribution in [2.24, 2.45) is 5.92 Å². The van der Waals surface area contributed by atoms with Crippen molar-refractivity contribution in [3.8, 4) is 0 Å². The van der Waals surface area contributed by atoms with Gasteiger partial charge in [0.25, 0.3) is 5.92 Å². The van der Waals surface area contributed by atoms with E-state index in [4.69, 9.17) is 9.47 Å². The van der Waals surface area contributed by atoms with Crippen molar-refractivity contribution in [3.05, 3.63) is 72.4 Å². The number of esters is 1. The first-order valence-corrected chi connectivity index (χ1v) is 12.9. The van der Waals surface area contributed by atoms with Crippen LogP contribution in [0.2, 0.25) is 0 Å². The first-order valence-electron chi connectivity index (χ1n) is 12.9. The molecule has 0 amide bonds. The highest BCUT2D eigenvalue weighted by Gasteiger charge is 2.36. The van der Waals surface area contributed by atoms with Crippen LogP contribution in [0.15, 0.2) is 66.8 Å². The van der Waals surface area contributed by atoms with E-state index in [1.165, 1.54) is 12.2 Å². The Bertz CT molecular complexity index is 844. The molecule has 0 aromatic heterocycles. The molecule has 1 saturated carbocycles. The average molecular weight is 505 g/mol. The Labute approximate surface area is 215 Å². The third-order valence-corrected chi connectivity index (χ3v) is 5.42. The summed E-state index contributed by atoms with van der Waals surface area (Å²) in [6.45, 7) is 7.64. The summed E-state index contributed by atoms with van der Waals surface area (Å²) in [6.07, 6.45) is 12.9. The molecule has 1 aliphatic carbocycles. The van der Waals surface area contributed by atoms with Crippen molar-refractivity contribution in [2.75, 3.05) is 0 Å². The number of ketones is 1. The number of hydrogen-bond acceptors (Lipinski definition) is 4. The van der Waals surface area contributed by atoms with Crippen LogP contribution in [0.3, 0.4) is 0 Å². The normalized spacial score (nSPS) is 17.2. The quantitative estimate of drug-likeness (QED) is 0.156. The van der Waals surface area contributed by atoms with Gasteiger partial charge in [0.1, 0.15) is 11.9 Å². The second kappa shape index (κ2) is 17.8. The van der Waals surface area contributed by atoms with E-state index < -0.39 is 12.0 Å². The summed E-state index contributed by atoms with van der Waals surface area (Å²) in [6, 6.07) is 9.26. The van der Waals surface area contributed by atoms with Gasteiger partial charge in [-0.1, -0.05) is 67.6 Å². The maximum atomic E-state index is 14.4. The molecular formula is C30H42F2O4. The van der Waals surface area contributed by atoms with Gasteiger partial charge in [0, 0.05) is 19.3 Å². The molecule has 2 unspecified atom stereocenters. The molecule has 4 nitrogen and oxygen atoms in total. The lowest BCUT2D eigenvalue weighted by atomic mass is 10.0. The van der Waals surface area contributed by atoms with Gasteiger partial charge in [-0.15, -0.1) is 0 Å². The van der Waals surface area contributed by atoms with E-state index in [-0.39, 0.29) is 30.4 Å². The van der Waals surface area contributed by atoms with Gasteiger partial charge in [-0.05, 0) is 64.0 Å². The number of carbonyl (C=O) groups is 2. The summed E-state index contributed by atoms with van der Waals surface area (Å²) in [7, 11) is 0. The molecule has 0 radical (unpaired) electrons. The maximum Gasteiger partial charge on any atom is 0.306 e. The van der Waals surface area contributed by atoms with Gasteiger partial charge >= 0.3 is 5.97 Å². The van der Waals surface area contributed by atoms with Gasteiger partial charge in [-0.3, -0.25) is 9.59 Å². The first-order chi connectivity index (χ1) is 17.2. The molecule has 200 valence electrons. The number of ether oxygens (including phenoxy) is 2. The number of unbranched alkanes of at least 4 members (excludes halogenated alkanes) is 1. The third kappa shape index (κ3) is 14.1. The number of benzene rings is 1. The van der Waals surface area contributed by atoms with E-state index in [1.807, 2.05) is 64.1 Å². The van der Waals surface area contributed by atoms with Gasteiger partial charge in [0.2, 0.25) is 0 Å². The van der Waals surface area contributed by atoms with Crippen molar-refractivity contribution < 1.29 is 27.8 Å². The van der Waals surface area contributed by atoms with E-state index in [0.29, 0.717) is 25.7 Å². The molecule has 0 saturated heterocycles. The summed E-state index contributed by atoms with van der Waals surface area (Å²) in [4.78, 5) is 22.3. The van der Waals surface area contributed by atoms with Crippen LogP contribution in [-0.2, 0) is 25.7 Å². The number of rotatable bonds is 13. The standard InChI is InChI=1S/C20H24F2O2.C10H18O2/c1-2-3-13-20(21,22)19(12-10-16-9-11-18(23)14-16)24-15-17-7-5-4-6-8-17;1-4-5-6-7-8-10(11)12-9(2)3/h3-8,10,12-13,16,19H,2,9,11,14-15H2,1H3;4-5,9H,6-8H2,1-3H3/b12-10+,13-3+;5-4-. The molecule has 6 heteroatoms. The maximum absolute atomic E-state index is 14.4. The lowest BCUT2D eigenvalue weighted by Gasteiger charge is -2.22. The second-order valence-electron chi connectivity index (χ2n) is 9.13. The topological polar surface area (TPSA) is 52.6 Å². The van der Waals surface area contributed by atoms with Crippen LogP contribution in [0.4, 0.5) is 8.78 Å². The number of Topliss-reactive ketones (excluding diaryl/α,β-unsaturated/α-hetero) is 1. The van der Waals surface area contributed by atoms with Crippen LogP contribution in [0, 0.1) is 5.92 Å². The Kier molecular flexibility index (Phi) is 15.5. The highest BCUT2D eigenvalue weighted by molar-refractivity contribution is 5.80. The lowest BCUT2D eigenvalue weighted by molar-refractivity contribution is -0.147. The molecule has 1 aliphatic rings. The lowest BCUT2D eigenvalue weighted by Crippen LogP contribution is -2.32. The van der Waals surface area contributed by atoms with Gasteiger partial charge in [0.15, 0.2) is 0 Å². The Morgan fingerprint density at radius 1 is 1.19 bits per heavy atom. The summed E-state index contributed by atoms with van der Waals surface area (Å²) in [5, 5.41) is 0. The fourth-order valence-corrected chi connectivity index (χ4v) is 3.54. The van der Waals surface area contributed by atoms with Gasteiger partial charge in [0.05, 0.1) is 12.7 Å². The number of allylic oxidation sites excluding steroid dienone is 4. The molecule has 2 rings (SSSR count). The zero-order valence-corrected chi connectivity index (χ0v) is 22.1. The van der Waals surface area contributed by atoms with Crippen molar-refractivity contribution in [3.63, 3.8) is 0 Å². The third-order valence-electron chi connectivity index (χ3n) is 5.42. The van der Waals surface area contributed by atoms with Crippen molar-refractivity contribution in [1.29, 1.82) is 0 Å². The SMILES string of the molecule is C/C=C\CCCC(=O)OC(C)C.CC/C=C/C(F)(F)C(/C=C/C1CCC(=O)C1)OCc1ccccc1. The second-order valence-corrected chi connectivity index (χ2v) is 9.13. The van der Waals surface area contributed by atoms with Crippen LogP contribution >= 0.6 is 0 Å². The average Bonchev–Trinajstić information content (AvgIpc) is 3.26. The molecule has 1 fully saturated rings. The Morgan fingerprint density at radius 3 is 2.50 bits per heavy atom. The number of hydrogen-bond donors (Lipinski definition) is 0. The van der Waals surface area contributed by atoms with Gasteiger partial charge in [-0.25, -0.2) is 0 Å². The first kappa shape index (κ1) is 31.4. The van der Waals surface area contributed by atoms with Crippen LogP contribution in [-0.4, -0.2) is 29.9 Å². The zero-order valence-electron chi connectivity index (χ0n) is 22.1. The predicted octanol–water partition coefficient (Wildman–Crippen LogP) is 7.78. The van der Waals surface area contributed by atoms with E-state index in [1.54, 1.807) is 6.08 Å². The number of alkyl halides is 2. The fraction of sp³-hybridized carbons (Fsp3) is 0.533. The van der Waals surface area contributed by atoms with Crippen LogP contribution < -0.4 is 0 Å². The van der Waals surface area contributed by atoms with Crippen LogP contribution in [0.5, 0.6) is 0 Å². The molecule has 0 N–H and O–H groups in total. The number of carbonyl (C=O) groups excluding carboxylic acids is 2. The highest BCUT2D eigenvalue weighted by Crippen LogP contribution is 2.28. The Morgan fingerprint density at radius 2 is 1.92 bits per heavy atom. The molecule has 0 bridgehead atoms. The monoisotopic (exact) mass is 504 g/mol. The summed E-state index contributed by atoms with van der Waals surface area (Å²) < 4.78 is 39.3. The predicted molar refractivity (Wildman–Crippen MR) is 141 cm³/mol. The minimum absolute atomic E-state index is 0.0132. The molecular weight excluding hydrogens is 462 g/mol. The van der Waals surface area contributed by atoms with Gasteiger partial charge in [-0.2, -0.15) is 8.78 Å². The molecule has 0 heterocycles. The van der Waals surface area contributed by atoms with Crippen molar-refractivity contribution >= 4 is 11.8 Å².